The van der Waals surface area contributed by atoms with Crippen molar-refractivity contribution < 1.29 is 4.79 Å². The van der Waals surface area contributed by atoms with Crippen LogP contribution in [-0.2, 0) is 4.79 Å². The number of carbonyl (C=O) groups excluding carboxylic acids is 1. The normalized spacial score (nSPS) is 14.9. The Hall–Kier alpha value is -1.55. The van der Waals surface area contributed by atoms with E-state index in [9.17, 15) is 4.79 Å². The molecular formula is C20H33N3O. The summed E-state index contributed by atoms with van der Waals surface area (Å²) in [6.07, 6.45) is 2.55. The van der Waals surface area contributed by atoms with Crippen molar-refractivity contribution in [1.82, 2.24) is 4.90 Å². The number of hydrogen-bond donors (Lipinski definition) is 1. The third-order valence-electron chi connectivity index (χ3n) is 4.63. The number of amides is 1. The van der Waals surface area contributed by atoms with Crippen molar-refractivity contribution in [2.24, 2.45) is 5.92 Å². The van der Waals surface area contributed by atoms with Gasteiger partial charge in [0.1, 0.15) is 0 Å². The second-order valence-electron chi connectivity index (χ2n) is 7.66. The van der Waals surface area contributed by atoms with Crippen LogP contribution >= 0.6 is 0 Å². The first-order chi connectivity index (χ1) is 11.4. The summed E-state index contributed by atoms with van der Waals surface area (Å²) in [4.78, 5) is 17.1. The van der Waals surface area contributed by atoms with Gasteiger partial charge in [-0.25, -0.2) is 0 Å². The number of carbonyl (C=O) groups is 1. The van der Waals surface area contributed by atoms with E-state index in [4.69, 9.17) is 0 Å². The van der Waals surface area contributed by atoms with Gasteiger partial charge in [0, 0.05) is 37.1 Å². The number of nitrogens with zero attached hydrogens (tertiary/aromatic N) is 2. The van der Waals surface area contributed by atoms with Crippen LogP contribution in [0.15, 0.2) is 18.2 Å². The van der Waals surface area contributed by atoms with Gasteiger partial charge in [0.15, 0.2) is 0 Å². The molecule has 1 saturated heterocycles. The van der Waals surface area contributed by atoms with Crippen molar-refractivity contribution in [3.8, 4) is 0 Å². The second-order valence-corrected chi connectivity index (χ2v) is 7.66. The molecular weight excluding hydrogens is 298 g/mol. The Labute approximate surface area is 147 Å². The van der Waals surface area contributed by atoms with Gasteiger partial charge in [-0.1, -0.05) is 13.8 Å². The van der Waals surface area contributed by atoms with Crippen molar-refractivity contribution in [3.63, 3.8) is 0 Å². The van der Waals surface area contributed by atoms with Crippen molar-refractivity contribution in [2.75, 3.05) is 36.4 Å². The SMILES string of the molecule is Cc1cc(N2CCCC2)ccc1NC(=O)CN(CC(C)C)C(C)C. The van der Waals surface area contributed by atoms with Gasteiger partial charge in [0.25, 0.3) is 0 Å². The van der Waals surface area contributed by atoms with Crippen LogP contribution in [0.25, 0.3) is 0 Å². The molecule has 1 aliphatic rings. The fourth-order valence-corrected chi connectivity index (χ4v) is 3.26. The Morgan fingerprint density at radius 3 is 2.42 bits per heavy atom. The highest BCUT2D eigenvalue weighted by Crippen LogP contribution is 2.25. The molecule has 4 nitrogen and oxygen atoms in total. The summed E-state index contributed by atoms with van der Waals surface area (Å²) in [6.45, 7) is 14.4. The van der Waals surface area contributed by atoms with Crippen LogP contribution in [-0.4, -0.2) is 43.0 Å². The number of hydrogen-bond acceptors (Lipinski definition) is 3. The molecule has 0 saturated carbocycles. The smallest absolute Gasteiger partial charge is 0.238 e. The predicted octanol–water partition coefficient (Wildman–Crippen LogP) is 3.90. The maximum Gasteiger partial charge on any atom is 0.238 e. The van der Waals surface area contributed by atoms with E-state index in [1.165, 1.54) is 18.5 Å². The molecule has 24 heavy (non-hydrogen) atoms. The maximum atomic E-state index is 12.4. The lowest BCUT2D eigenvalue weighted by atomic mass is 10.1. The minimum atomic E-state index is 0.0707. The number of benzene rings is 1. The average Bonchev–Trinajstić information content (AvgIpc) is 3.02. The summed E-state index contributed by atoms with van der Waals surface area (Å²) in [7, 11) is 0. The zero-order chi connectivity index (χ0) is 17.7. The standard InChI is InChI=1S/C20H33N3O/c1-15(2)13-23(16(3)4)14-20(24)21-19-9-8-18(12-17(19)5)22-10-6-7-11-22/h8-9,12,15-16H,6-7,10-11,13-14H2,1-5H3,(H,21,24). The molecule has 1 aliphatic heterocycles. The predicted molar refractivity (Wildman–Crippen MR) is 103 cm³/mol. The summed E-state index contributed by atoms with van der Waals surface area (Å²) in [6, 6.07) is 6.73. The van der Waals surface area contributed by atoms with E-state index in [1.54, 1.807) is 0 Å². The Morgan fingerprint density at radius 1 is 1.21 bits per heavy atom. The van der Waals surface area contributed by atoms with E-state index in [0.29, 0.717) is 18.5 Å². The Morgan fingerprint density at radius 2 is 1.88 bits per heavy atom. The highest BCUT2D eigenvalue weighted by Gasteiger charge is 2.17. The molecule has 0 atom stereocenters. The van der Waals surface area contributed by atoms with E-state index >= 15 is 0 Å². The third kappa shape index (κ3) is 5.23. The van der Waals surface area contributed by atoms with E-state index in [2.05, 4.69) is 61.9 Å². The molecule has 0 spiro atoms. The van der Waals surface area contributed by atoms with Gasteiger partial charge in [-0.2, -0.15) is 0 Å². The first-order valence-electron chi connectivity index (χ1n) is 9.26. The van der Waals surface area contributed by atoms with E-state index in [-0.39, 0.29) is 5.91 Å². The van der Waals surface area contributed by atoms with Gasteiger partial charge in [-0.05, 0) is 63.3 Å². The lowest BCUT2D eigenvalue weighted by molar-refractivity contribution is -0.117. The van der Waals surface area contributed by atoms with Crippen LogP contribution in [0.3, 0.4) is 0 Å². The molecule has 1 amide bonds. The van der Waals surface area contributed by atoms with Crippen LogP contribution in [0.1, 0.15) is 46.1 Å². The molecule has 0 aliphatic carbocycles. The van der Waals surface area contributed by atoms with Gasteiger partial charge in [0.2, 0.25) is 5.91 Å². The molecule has 0 radical (unpaired) electrons. The molecule has 1 fully saturated rings. The average molecular weight is 332 g/mol. The van der Waals surface area contributed by atoms with E-state index in [0.717, 1.165) is 30.9 Å². The van der Waals surface area contributed by atoms with Gasteiger partial charge >= 0.3 is 0 Å². The monoisotopic (exact) mass is 331 g/mol. The van der Waals surface area contributed by atoms with Gasteiger partial charge in [0.05, 0.1) is 6.54 Å². The minimum Gasteiger partial charge on any atom is -0.372 e. The molecule has 4 heteroatoms. The van der Waals surface area contributed by atoms with Crippen molar-refractivity contribution >= 4 is 17.3 Å². The molecule has 1 N–H and O–H groups in total. The summed E-state index contributed by atoms with van der Waals surface area (Å²) < 4.78 is 0. The Kier molecular flexibility index (Phi) is 6.67. The molecule has 2 rings (SSSR count). The van der Waals surface area contributed by atoms with Crippen LogP contribution in [0.5, 0.6) is 0 Å². The maximum absolute atomic E-state index is 12.4. The molecule has 0 bridgehead atoms. The third-order valence-corrected chi connectivity index (χ3v) is 4.63. The zero-order valence-corrected chi connectivity index (χ0v) is 15.9. The summed E-state index contributed by atoms with van der Waals surface area (Å²) in [5, 5.41) is 3.09. The van der Waals surface area contributed by atoms with Gasteiger partial charge in [-0.15, -0.1) is 0 Å². The molecule has 134 valence electrons. The topological polar surface area (TPSA) is 35.6 Å². The van der Waals surface area contributed by atoms with Crippen LogP contribution < -0.4 is 10.2 Å². The van der Waals surface area contributed by atoms with Crippen molar-refractivity contribution in [2.45, 2.75) is 53.5 Å². The quantitative estimate of drug-likeness (QED) is 0.823. The zero-order valence-electron chi connectivity index (χ0n) is 15.9. The number of rotatable bonds is 7. The van der Waals surface area contributed by atoms with Crippen molar-refractivity contribution in [3.05, 3.63) is 23.8 Å². The van der Waals surface area contributed by atoms with Gasteiger partial charge < -0.3 is 10.2 Å². The van der Waals surface area contributed by atoms with E-state index < -0.39 is 0 Å². The number of aryl methyl sites for hydroxylation is 1. The van der Waals surface area contributed by atoms with Gasteiger partial charge in [-0.3, -0.25) is 9.69 Å². The molecule has 0 unspecified atom stereocenters. The summed E-state index contributed by atoms with van der Waals surface area (Å²) in [5.74, 6) is 0.628. The van der Waals surface area contributed by atoms with Crippen molar-refractivity contribution in [1.29, 1.82) is 0 Å². The molecule has 1 aromatic carbocycles. The lowest BCUT2D eigenvalue weighted by Crippen LogP contribution is -2.40. The number of anilines is 2. The Bertz CT molecular complexity index is 548. The summed E-state index contributed by atoms with van der Waals surface area (Å²) >= 11 is 0. The van der Waals surface area contributed by atoms with E-state index in [1.807, 2.05) is 6.07 Å². The summed E-state index contributed by atoms with van der Waals surface area (Å²) in [5.41, 5.74) is 3.33. The lowest BCUT2D eigenvalue weighted by Gasteiger charge is -2.27. The van der Waals surface area contributed by atoms with Crippen LogP contribution in [0.2, 0.25) is 0 Å². The second kappa shape index (κ2) is 8.52. The first kappa shape index (κ1) is 18.8. The molecule has 1 aromatic rings. The minimum absolute atomic E-state index is 0.0707. The fraction of sp³-hybridized carbons (Fsp3) is 0.650. The highest BCUT2D eigenvalue weighted by molar-refractivity contribution is 5.93. The fourth-order valence-electron chi connectivity index (χ4n) is 3.26. The molecule has 0 aromatic heterocycles. The highest BCUT2D eigenvalue weighted by atomic mass is 16.2. The first-order valence-corrected chi connectivity index (χ1v) is 9.26. The van der Waals surface area contributed by atoms with Crippen LogP contribution in [0.4, 0.5) is 11.4 Å². The Balaban J connectivity index is 1.97. The largest absolute Gasteiger partial charge is 0.372 e. The van der Waals surface area contributed by atoms with Crippen LogP contribution in [0, 0.1) is 12.8 Å². The molecule has 1 heterocycles. The number of nitrogens with one attached hydrogen (secondary N) is 1.